The van der Waals surface area contributed by atoms with Crippen molar-refractivity contribution in [1.82, 2.24) is 4.98 Å². The smallest absolute Gasteiger partial charge is 0.239 e. The lowest BCUT2D eigenvalue weighted by molar-refractivity contribution is -0.114. The van der Waals surface area contributed by atoms with Crippen LogP contribution in [-0.2, 0) is 4.79 Å². The summed E-state index contributed by atoms with van der Waals surface area (Å²) in [5.41, 5.74) is 5.08. The van der Waals surface area contributed by atoms with Crippen molar-refractivity contribution < 1.29 is 4.79 Å². The van der Waals surface area contributed by atoms with Crippen molar-refractivity contribution >= 4 is 36.5 Å². The molecule has 0 bridgehead atoms. The van der Waals surface area contributed by atoms with Gasteiger partial charge in [0.05, 0.1) is 6.54 Å². The van der Waals surface area contributed by atoms with Crippen LogP contribution in [0.15, 0.2) is 24.4 Å². The molecule has 13 heavy (non-hydrogen) atoms. The van der Waals surface area contributed by atoms with E-state index in [9.17, 15) is 4.79 Å². The number of nitrogens with zero attached hydrogens (tertiary/aromatic N) is 1. The lowest BCUT2D eigenvalue weighted by Crippen LogP contribution is -2.22. The van der Waals surface area contributed by atoms with Gasteiger partial charge in [-0.2, -0.15) is 0 Å². The Morgan fingerprint density at radius 1 is 1.46 bits per heavy atom. The van der Waals surface area contributed by atoms with Crippen LogP contribution in [0.3, 0.4) is 0 Å². The predicted octanol–water partition coefficient (Wildman–Crippen LogP) is 0.822. The zero-order valence-electron chi connectivity index (χ0n) is 6.77. The van der Waals surface area contributed by atoms with Gasteiger partial charge in [-0.1, -0.05) is 6.07 Å². The minimum atomic E-state index is -0.233. The molecule has 1 heterocycles. The number of aromatic nitrogens is 1. The van der Waals surface area contributed by atoms with Crippen LogP contribution in [0.25, 0.3) is 0 Å². The van der Waals surface area contributed by atoms with Gasteiger partial charge < -0.3 is 11.1 Å². The molecular formula is C7H11Cl2N3O. The molecule has 6 heteroatoms. The van der Waals surface area contributed by atoms with E-state index in [0.29, 0.717) is 5.82 Å². The van der Waals surface area contributed by atoms with Gasteiger partial charge in [-0.15, -0.1) is 24.8 Å². The maximum Gasteiger partial charge on any atom is 0.239 e. The molecule has 0 aliphatic rings. The Bertz CT molecular complexity index is 243. The van der Waals surface area contributed by atoms with Gasteiger partial charge in [-0.05, 0) is 12.1 Å². The Balaban J connectivity index is 0. The summed E-state index contributed by atoms with van der Waals surface area (Å²) in [6.45, 7) is -0.0173. The SMILES string of the molecule is Cl.Cl.NCC(=O)Nc1ccccn1. The molecule has 0 saturated heterocycles. The highest BCUT2D eigenvalue weighted by atomic mass is 35.5. The molecular weight excluding hydrogens is 213 g/mol. The van der Waals surface area contributed by atoms with Crippen LogP contribution >= 0.6 is 24.8 Å². The molecule has 0 aliphatic carbocycles. The van der Waals surface area contributed by atoms with E-state index in [0.717, 1.165) is 0 Å². The minimum Gasteiger partial charge on any atom is -0.322 e. The molecule has 3 N–H and O–H groups in total. The van der Waals surface area contributed by atoms with E-state index in [1.807, 2.05) is 0 Å². The topological polar surface area (TPSA) is 68.0 Å². The Labute approximate surface area is 88.7 Å². The summed E-state index contributed by atoms with van der Waals surface area (Å²) >= 11 is 0. The third-order valence-electron chi connectivity index (χ3n) is 1.12. The molecule has 1 aromatic heterocycles. The van der Waals surface area contributed by atoms with Gasteiger partial charge in [0.1, 0.15) is 5.82 Å². The number of hydrogen-bond donors (Lipinski definition) is 2. The van der Waals surface area contributed by atoms with Gasteiger partial charge in [-0.25, -0.2) is 4.98 Å². The first-order valence-corrected chi connectivity index (χ1v) is 3.24. The Hall–Kier alpha value is -0.840. The minimum absolute atomic E-state index is 0. The summed E-state index contributed by atoms with van der Waals surface area (Å²) in [7, 11) is 0. The van der Waals surface area contributed by atoms with E-state index in [2.05, 4.69) is 10.3 Å². The third kappa shape index (κ3) is 5.41. The predicted molar refractivity (Wildman–Crippen MR) is 56.4 cm³/mol. The molecule has 0 saturated carbocycles. The van der Waals surface area contributed by atoms with Crippen molar-refractivity contribution in [3.63, 3.8) is 0 Å². The largest absolute Gasteiger partial charge is 0.322 e. The van der Waals surface area contributed by atoms with Gasteiger partial charge in [0, 0.05) is 6.20 Å². The van der Waals surface area contributed by atoms with Crippen molar-refractivity contribution in [2.24, 2.45) is 5.73 Å². The number of rotatable bonds is 2. The van der Waals surface area contributed by atoms with Gasteiger partial charge >= 0.3 is 0 Å². The van der Waals surface area contributed by atoms with Crippen molar-refractivity contribution in [1.29, 1.82) is 0 Å². The molecule has 0 aliphatic heterocycles. The van der Waals surface area contributed by atoms with E-state index in [1.54, 1.807) is 24.4 Å². The van der Waals surface area contributed by atoms with Crippen LogP contribution < -0.4 is 11.1 Å². The summed E-state index contributed by atoms with van der Waals surface area (Å²) in [5.74, 6) is 0.298. The van der Waals surface area contributed by atoms with E-state index in [4.69, 9.17) is 5.73 Å². The van der Waals surface area contributed by atoms with E-state index < -0.39 is 0 Å². The second-order valence-electron chi connectivity index (χ2n) is 1.97. The van der Waals surface area contributed by atoms with Crippen LogP contribution in [0.2, 0.25) is 0 Å². The first-order chi connectivity index (χ1) is 5.33. The monoisotopic (exact) mass is 223 g/mol. The van der Waals surface area contributed by atoms with Crippen LogP contribution in [-0.4, -0.2) is 17.4 Å². The highest BCUT2D eigenvalue weighted by Crippen LogP contribution is 1.97. The van der Waals surface area contributed by atoms with E-state index >= 15 is 0 Å². The number of carbonyl (C=O) groups excluding carboxylic acids is 1. The number of anilines is 1. The number of carbonyl (C=O) groups is 1. The van der Waals surface area contributed by atoms with Crippen LogP contribution in [0.1, 0.15) is 0 Å². The molecule has 0 aromatic carbocycles. The molecule has 0 unspecified atom stereocenters. The summed E-state index contributed by atoms with van der Waals surface area (Å²) in [6.07, 6.45) is 1.60. The molecule has 0 atom stereocenters. The normalized spacial score (nSPS) is 7.77. The number of nitrogens with two attached hydrogens (primary N) is 1. The fourth-order valence-electron chi connectivity index (χ4n) is 0.631. The highest BCUT2D eigenvalue weighted by molar-refractivity contribution is 5.91. The molecule has 0 spiro atoms. The van der Waals surface area contributed by atoms with Crippen molar-refractivity contribution in [3.8, 4) is 0 Å². The van der Waals surface area contributed by atoms with Gasteiger partial charge in [0.2, 0.25) is 5.91 Å². The van der Waals surface area contributed by atoms with E-state index in [-0.39, 0.29) is 37.3 Å². The number of amides is 1. The second-order valence-corrected chi connectivity index (χ2v) is 1.97. The van der Waals surface area contributed by atoms with E-state index in [1.165, 1.54) is 0 Å². The van der Waals surface area contributed by atoms with Crippen LogP contribution in [0.5, 0.6) is 0 Å². The van der Waals surface area contributed by atoms with Crippen molar-refractivity contribution in [2.45, 2.75) is 0 Å². The van der Waals surface area contributed by atoms with Crippen LogP contribution in [0, 0.1) is 0 Å². The second kappa shape index (κ2) is 7.79. The summed E-state index contributed by atoms with van der Waals surface area (Å²) < 4.78 is 0. The van der Waals surface area contributed by atoms with Crippen LogP contribution in [0.4, 0.5) is 5.82 Å². The third-order valence-corrected chi connectivity index (χ3v) is 1.12. The lowest BCUT2D eigenvalue weighted by atomic mass is 10.4. The molecule has 4 nitrogen and oxygen atoms in total. The number of nitrogens with one attached hydrogen (secondary N) is 1. The maximum absolute atomic E-state index is 10.7. The fourth-order valence-corrected chi connectivity index (χ4v) is 0.631. The van der Waals surface area contributed by atoms with Gasteiger partial charge in [-0.3, -0.25) is 4.79 Å². The molecule has 0 radical (unpaired) electrons. The summed E-state index contributed by atoms with van der Waals surface area (Å²) in [4.78, 5) is 14.6. The first-order valence-electron chi connectivity index (χ1n) is 3.24. The molecule has 0 fully saturated rings. The lowest BCUT2D eigenvalue weighted by Gasteiger charge is -1.99. The zero-order valence-corrected chi connectivity index (χ0v) is 8.40. The molecule has 1 amide bonds. The number of hydrogen-bond acceptors (Lipinski definition) is 3. The molecule has 1 rings (SSSR count). The quantitative estimate of drug-likeness (QED) is 0.781. The van der Waals surface area contributed by atoms with Gasteiger partial charge in [0.15, 0.2) is 0 Å². The Morgan fingerprint density at radius 3 is 2.62 bits per heavy atom. The fraction of sp³-hybridized carbons (Fsp3) is 0.143. The average molecular weight is 224 g/mol. The standard InChI is InChI=1S/C7H9N3O.2ClH/c8-5-7(11)10-6-3-1-2-4-9-6;;/h1-4H,5,8H2,(H,9,10,11);2*1H. The zero-order chi connectivity index (χ0) is 8.10. The Morgan fingerprint density at radius 2 is 2.15 bits per heavy atom. The van der Waals surface area contributed by atoms with Crippen molar-refractivity contribution in [3.05, 3.63) is 24.4 Å². The summed E-state index contributed by atoms with van der Waals surface area (Å²) in [6, 6.07) is 5.27. The number of halogens is 2. The van der Waals surface area contributed by atoms with Gasteiger partial charge in [0.25, 0.3) is 0 Å². The number of pyridine rings is 1. The molecule has 1 aromatic rings. The highest BCUT2D eigenvalue weighted by Gasteiger charge is 1.96. The molecule has 74 valence electrons. The average Bonchev–Trinajstić information content (AvgIpc) is 2.06. The first kappa shape index (κ1) is 14.7. The maximum atomic E-state index is 10.7. The Kier molecular flexibility index (Phi) is 8.79. The van der Waals surface area contributed by atoms with Crippen molar-refractivity contribution in [2.75, 3.05) is 11.9 Å². The summed E-state index contributed by atoms with van der Waals surface area (Å²) in [5, 5.41) is 2.52.